The molecule has 1 aliphatic rings. The zero-order valence-corrected chi connectivity index (χ0v) is 11.3. The molecule has 2 aromatic heterocycles. The molecule has 16 heavy (non-hydrogen) atoms. The van der Waals surface area contributed by atoms with E-state index in [4.69, 9.17) is 0 Å². The van der Waals surface area contributed by atoms with Gasteiger partial charge in [0.25, 0.3) is 0 Å². The minimum absolute atomic E-state index is 0.678. The van der Waals surface area contributed by atoms with Gasteiger partial charge in [0.2, 0.25) is 0 Å². The first-order valence-electron chi connectivity index (χ1n) is 5.48. The summed E-state index contributed by atoms with van der Waals surface area (Å²) < 4.78 is 3.34. The van der Waals surface area contributed by atoms with E-state index < -0.39 is 14.7 Å². The van der Waals surface area contributed by atoms with Crippen LogP contribution in [0.5, 0.6) is 0 Å². The van der Waals surface area contributed by atoms with Crippen LogP contribution in [0.2, 0.25) is 4.71 Å². The quantitative estimate of drug-likeness (QED) is 0.735. The fourth-order valence-corrected chi connectivity index (χ4v) is 7.37. The summed E-state index contributed by atoms with van der Waals surface area (Å²) in [5, 5.41) is 0. The van der Waals surface area contributed by atoms with Crippen molar-refractivity contribution in [1.82, 2.24) is 9.97 Å². The molecule has 0 N–H and O–H groups in total. The number of hydrogen-bond donors (Lipinski definition) is 0. The zero-order chi connectivity index (χ0) is 11.1. The average Bonchev–Trinajstić information content (AvgIpc) is 2.63. The van der Waals surface area contributed by atoms with Crippen LogP contribution < -0.4 is 8.96 Å². The van der Waals surface area contributed by atoms with Gasteiger partial charge in [-0.1, -0.05) is 0 Å². The number of hydrogen-bond acceptors (Lipinski definition) is 2. The van der Waals surface area contributed by atoms with Crippen molar-refractivity contribution in [3.63, 3.8) is 0 Å². The van der Waals surface area contributed by atoms with Crippen LogP contribution in [0, 0.1) is 0 Å². The van der Waals surface area contributed by atoms with Gasteiger partial charge in [0, 0.05) is 0 Å². The van der Waals surface area contributed by atoms with Crippen LogP contribution in [0.3, 0.4) is 0 Å². The average molecular weight is 272 g/mol. The third-order valence-electron chi connectivity index (χ3n) is 2.84. The second-order valence-electron chi connectivity index (χ2n) is 4.21. The van der Waals surface area contributed by atoms with E-state index in [-0.39, 0.29) is 0 Å². The summed E-state index contributed by atoms with van der Waals surface area (Å²) in [5.74, 6) is 0. The summed E-state index contributed by atoms with van der Waals surface area (Å²) in [7, 11) is 0. The summed E-state index contributed by atoms with van der Waals surface area (Å²) in [6.07, 6.45) is 3.82. The van der Waals surface area contributed by atoms with Crippen molar-refractivity contribution in [1.29, 1.82) is 0 Å². The van der Waals surface area contributed by atoms with Crippen molar-refractivity contribution < 1.29 is 0 Å². The van der Waals surface area contributed by atoms with Crippen molar-refractivity contribution in [2.75, 3.05) is 0 Å². The standard InChI is InChI=1S/C13H13AsN2/c1-9(2)14-12-10(5-3-7-15-12)11-6-4-8-16-13(11)14/h3-9H,1-2H3. The molecule has 0 aliphatic carbocycles. The van der Waals surface area contributed by atoms with Crippen molar-refractivity contribution >= 4 is 23.6 Å². The fraction of sp³-hybridized carbons (Fsp3) is 0.231. The molecule has 0 saturated heterocycles. The van der Waals surface area contributed by atoms with Crippen molar-refractivity contribution in [3.8, 4) is 11.1 Å². The third kappa shape index (κ3) is 1.33. The van der Waals surface area contributed by atoms with E-state index in [0.717, 1.165) is 0 Å². The second-order valence-corrected chi connectivity index (χ2v) is 9.71. The van der Waals surface area contributed by atoms with Gasteiger partial charge >= 0.3 is 99.9 Å². The van der Waals surface area contributed by atoms with Gasteiger partial charge in [-0.05, 0) is 0 Å². The van der Waals surface area contributed by atoms with E-state index in [1.54, 1.807) is 0 Å². The zero-order valence-electron chi connectivity index (χ0n) is 9.38. The molecular formula is C13H13AsN2. The van der Waals surface area contributed by atoms with Gasteiger partial charge in [-0.3, -0.25) is 0 Å². The molecule has 0 unspecified atom stereocenters. The molecule has 2 aromatic rings. The molecule has 2 nitrogen and oxygen atoms in total. The normalized spacial score (nSPS) is 13.9. The molecule has 0 bridgehead atoms. The molecule has 0 saturated carbocycles. The molecule has 0 atom stereocenters. The maximum absolute atomic E-state index is 4.60. The van der Waals surface area contributed by atoms with Gasteiger partial charge in [0.05, 0.1) is 0 Å². The van der Waals surface area contributed by atoms with E-state index in [0.29, 0.717) is 4.71 Å². The van der Waals surface area contributed by atoms with Gasteiger partial charge in [-0.15, -0.1) is 0 Å². The fourth-order valence-electron chi connectivity index (χ4n) is 2.19. The minimum atomic E-state index is -1.25. The molecule has 0 radical (unpaired) electrons. The summed E-state index contributed by atoms with van der Waals surface area (Å²) in [6.45, 7) is 4.59. The number of pyridine rings is 2. The Balaban J connectivity index is 2.30. The van der Waals surface area contributed by atoms with E-state index in [1.807, 2.05) is 24.5 Å². The molecule has 0 spiro atoms. The predicted molar refractivity (Wildman–Crippen MR) is 67.6 cm³/mol. The summed E-state index contributed by atoms with van der Waals surface area (Å²) in [6, 6.07) is 8.40. The molecule has 3 heteroatoms. The Labute approximate surface area is 100 Å². The van der Waals surface area contributed by atoms with Gasteiger partial charge in [-0.2, -0.15) is 0 Å². The monoisotopic (exact) mass is 272 g/mol. The molecule has 1 aliphatic heterocycles. The first-order chi connectivity index (χ1) is 7.79. The van der Waals surface area contributed by atoms with E-state index in [9.17, 15) is 0 Å². The van der Waals surface area contributed by atoms with Gasteiger partial charge in [0.15, 0.2) is 0 Å². The predicted octanol–water partition coefficient (Wildman–Crippen LogP) is 1.48. The SMILES string of the molecule is CC(C)[As]1c2ncccc2-c2cccnc21. The Morgan fingerprint density at radius 1 is 0.938 bits per heavy atom. The molecule has 0 aromatic carbocycles. The number of rotatable bonds is 1. The van der Waals surface area contributed by atoms with Crippen LogP contribution in [0.25, 0.3) is 11.1 Å². The van der Waals surface area contributed by atoms with Crippen molar-refractivity contribution in [2.45, 2.75) is 18.6 Å². The van der Waals surface area contributed by atoms with Crippen LogP contribution in [-0.2, 0) is 0 Å². The molecular weight excluding hydrogens is 259 g/mol. The summed E-state index contributed by atoms with van der Waals surface area (Å²) >= 11 is -1.25. The van der Waals surface area contributed by atoms with Crippen LogP contribution >= 0.6 is 0 Å². The Hall–Kier alpha value is -1.14. The van der Waals surface area contributed by atoms with Crippen LogP contribution in [0.4, 0.5) is 0 Å². The molecule has 0 fully saturated rings. The van der Waals surface area contributed by atoms with Crippen LogP contribution in [-0.4, -0.2) is 24.6 Å². The van der Waals surface area contributed by atoms with E-state index in [2.05, 4.69) is 35.9 Å². The van der Waals surface area contributed by atoms with Crippen LogP contribution in [0.15, 0.2) is 36.7 Å². The topological polar surface area (TPSA) is 25.8 Å². The Morgan fingerprint density at radius 3 is 1.88 bits per heavy atom. The first kappa shape index (κ1) is 10.0. The second kappa shape index (κ2) is 3.71. The Kier molecular flexibility index (Phi) is 2.33. The molecule has 0 amide bonds. The Morgan fingerprint density at radius 2 is 1.44 bits per heavy atom. The third-order valence-corrected chi connectivity index (χ3v) is 8.41. The van der Waals surface area contributed by atoms with Gasteiger partial charge < -0.3 is 0 Å². The summed E-state index contributed by atoms with van der Waals surface area (Å²) in [5.41, 5.74) is 2.64. The van der Waals surface area contributed by atoms with Gasteiger partial charge in [-0.25, -0.2) is 0 Å². The van der Waals surface area contributed by atoms with E-state index in [1.165, 1.54) is 20.1 Å². The summed E-state index contributed by atoms with van der Waals surface area (Å²) in [4.78, 5) is 9.20. The van der Waals surface area contributed by atoms with Crippen LogP contribution in [0.1, 0.15) is 13.8 Å². The number of fused-ring (bicyclic) bond motifs is 3. The van der Waals surface area contributed by atoms with E-state index >= 15 is 0 Å². The molecule has 80 valence electrons. The Bertz CT molecular complexity index is 491. The number of nitrogens with zero attached hydrogens (tertiary/aromatic N) is 2. The number of aromatic nitrogens is 2. The molecule has 3 heterocycles. The van der Waals surface area contributed by atoms with Gasteiger partial charge in [0.1, 0.15) is 0 Å². The maximum atomic E-state index is 4.60. The van der Waals surface area contributed by atoms with Crippen molar-refractivity contribution in [3.05, 3.63) is 36.7 Å². The van der Waals surface area contributed by atoms with Crippen molar-refractivity contribution in [2.24, 2.45) is 0 Å². The molecule has 3 rings (SSSR count). The first-order valence-corrected chi connectivity index (χ1v) is 8.44.